The van der Waals surface area contributed by atoms with Crippen molar-refractivity contribution in [2.45, 2.75) is 37.2 Å². The minimum atomic E-state index is 0.00761. The maximum absolute atomic E-state index is 12.3. The van der Waals surface area contributed by atoms with Crippen molar-refractivity contribution in [1.82, 2.24) is 4.90 Å². The molecule has 3 nitrogen and oxygen atoms in total. The van der Waals surface area contributed by atoms with Gasteiger partial charge in [-0.25, -0.2) is 0 Å². The second kappa shape index (κ2) is 5.61. The van der Waals surface area contributed by atoms with Crippen LogP contribution in [0.4, 0.5) is 0 Å². The Morgan fingerprint density at radius 1 is 1.62 bits per heavy atom. The predicted molar refractivity (Wildman–Crippen MR) is 67.1 cm³/mol. The molecule has 2 rings (SSSR count). The first-order valence-electron chi connectivity index (χ1n) is 5.82. The molecule has 3 atom stereocenters. The third-order valence-corrected chi connectivity index (χ3v) is 4.87. The Morgan fingerprint density at radius 2 is 2.44 bits per heavy atom. The van der Waals surface area contributed by atoms with E-state index in [-0.39, 0.29) is 23.3 Å². The lowest BCUT2D eigenvalue weighted by Crippen LogP contribution is -2.53. The summed E-state index contributed by atoms with van der Waals surface area (Å²) >= 11 is 7.58. The summed E-state index contributed by atoms with van der Waals surface area (Å²) in [5.74, 6) is 1.87. The number of rotatable bonds is 2. The molecule has 3 unspecified atom stereocenters. The van der Waals surface area contributed by atoms with E-state index in [0.29, 0.717) is 19.0 Å². The zero-order valence-corrected chi connectivity index (χ0v) is 11.1. The molecule has 0 aromatic heterocycles. The van der Waals surface area contributed by atoms with Gasteiger partial charge in [-0.3, -0.25) is 4.79 Å². The van der Waals surface area contributed by atoms with Gasteiger partial charge in [0.15, 0.2) is 0 Å². The summed E-state index contributed by atoms with van der Waals surface area (Å²) in [4.78, 5) is 14.2. The van der Waals surface area contributed by atoms with Crippen LogP contribution < -0.4 is 0 Å². The summed E-state index contributed by atoms with van der Waals surface area (Å²) in [5, 5.41) is 0.177. The van der Waals surface area contributed by atoms with Crippen LogP contribution in [-0.2, 0) is 9.53 Å². The summed E-state index contributed by atoms with van der Waals surface area (Å²) in [6.07, 6.45) is 2.20. The maximum Gasteiger partial charge on any atom is 0.236 e. The molecule has 0 bridgehead atoms. The largest absolute Gasteiger partial charge is 0.373 e. The van der Waals surface area contributed by atoms with Crippen molar-refractivity contribution in [3.8, 4) is 0 Å². The highest BCUT2D eigenvalue weighted by Gasteiger charge is 2.34. The number of hydrogen-bond donors (Lipinski definition) is 0. The zero-order valence-electron chi connectivity index (χ0n) is 9.52. The van der Waals surface area contributed by atoms with Crippen LogP contribution in [0.15, 0.2) is 0 Å². The molecule has 0 saturated carbocycles. The van der Waals surface area contributed by atoms with Crippen LogP contribution >= 0.6 is 23.4 Å². The van der Waals surface area contributed by atoms with Gasteiger partial charge in [-0.1, -0.05) is 0 Å². The second-order valence-electron chi connectivity index (χ2n) is 4.45. The van der Waals surface area contributed by atoms with Crippen LogP contribution in [0.1, 0.15) is 19.8 Å². The number of carbonyl (C=O) groups is 1. The van der Waals surface area contributed by atoms with E-state index in [1.807, 2.05) is 11.8 Å². The standard InChI is InChI=1S/C11H18ClNO2S/c1-8-7-15-9(5-12)6-13(8)11(14)10-3-2-4-16-10/h8-10H,2-7H2,1H3. The van der Waals surface area contributed by atoms with E-state index in [1.165, 1.54) is 6.42 Å². The molecule has 2 saturated heterocycles. The number of hydrogen-bond acceptors (Lipinski definition) is 3. The number of nitrogens with zero attached hydrogens (tertiary/aromatic N) is 1. The van der Waals surface area contributed by atoms with Crippen LogP contribution in [0.25, 0.3) is 0 Å². The highest BCUT2D eigenvalue weighted by atomic mass is 35.5. The fourth-order valence-corrected chi connectivity index (χ4v) is 3.59. The third kappa shape index (κ3) is 2.66. The highest BCUT2D eigenvalue weighted by molar-refractivity contribution is 8.00. The first-order chi connectivity index (χ1) is 7.72. The van der Waals surface area contributed by atoms with Crippen molar-refractivity contribution in [2.24, 2.45) is 0 Å². The van der Waals surface area contributed by atoms with Gasteiger partial charge in [0, 0.05) is 6.54 Å². The van der Waals surface area contributed by atoms with Gasteiger partial charge in [-0.2, -0.15) is 0 Å². The van der Waals surface area contributed by atoms with E-state index in [4.69, 9.17) is 16.3 Å². The lowest BCUT2D eigenvalue weighted by Gasteiger charge is -2.38. The molecule has 0 aromatic carbocycles. The normalized spacial score (nSPS) is 35.4. The molecule has 2 heterocycles. The van der Waals surface area contributed by atoms with Gasteiger partial charge in [0.25, 0.3) is 0 Å². The molecule has 0 N–H and O–H groups in total. The van der Waals surface area contributed by atoms with E-state index < -0.39 is 0 Å². The van der Waals surface area contributed by atoms with Crippen molar-refractivity contribution in [3.63, 3.8) is 0 Å². The molecule has 0 radical (unpaired) electrons. The number of morpholine rings is 1. The smallest absolute Gasteiger partial charge is 0.236 e. The van der Waals surface area contributed by atoms with Crippen molar-refractivity contribution < 1.29 is 9.53 Å². The average molecular weight is 264 g/mol. The predicted octanol–water partition coefficient (Wildman–Crippen LogP) is 1.74. The van der Waals surface area contributed by atoms with Gasteiger partial charge < -0.3 is 9.64 Å². The minimum absolute atomic E-state index is 0.00761. The summed E-state index contributed by atoms with van der Waals surface area (Å²) in [6, 6.07) is 0.188. The average Bonchev–Trinajstić information content (AvgIpc) is 2.82. The van der Waals surface area contributed by atoms with Crippen molar-refractivity contribution >= 4 is 29.3 Å². The molecule has 2 aliphatic rings. The van der Waals surface area contributed by atoms with Crippen LogP contribution in [0.2, 0.25) is 0 Å². The number of thioether (sulfide) groups is 1. The SMILES string of the molecule is CC1COC(CCl)CN1C(=O)C1CCCS1. The maximum atomic E-state index is 12.3. The molecule has 5 heteroatoms. The third-order valence-electron chi connectivity index (χ3n) is 3.17. The Bertz CT molecular complexity index is 258. The van der Waals surface area contributed by atoms with E-state index in [0.717, 1.165) is 12.2 Å². The fraction of sp³-hybridized carbons (Fsp3) is 0.909. The Balaban J connectivity index is 1.97. The van der Waals surface area contributed by atoms with E-state index >= 15 is 0 Å². The Kier molecular flexibility index (Phi) is 4.39. The minimum Gasteiger partial charge on any atom is -0.373 e. The lowest BCUT2D eigenvalue weighted by molar-refractivity contribution is -0.142. The topological polar surface area (TPSA) is 29.5 Å². The number of amides is 1. The van der Waals surface area contributed by atoms with Crippen LogP contribution in [0.3, 0.4) is 0 Å². The van der Waals surface area contributed by atoms with Gasteiger partial charge in [-0.05, 0) is 25.5 Å². The van der Waals surface area contributed by atoms with E-state index in [2.05, 4.69) is 0 Å². The molecular formula is C11H18ClNO2S. The van der Waals surface area contributed by atoms with Crippen molar-refractivity contribution in [3.05, 3.63) is 0 Å². The molecule has 0 aliphatic carbocycles. The van der Waals surface area contributed by atoms with Crippen molar-refractivity contribution in [1.29, 1.82) is 0 Å². The fourth-order valence-electron chi connectivity index (χ4n) is 2.18. The Labute approximate surface area is 106 Å². The Hall–Kier alpha value is 0.0700. The van der Waals surface area contributed by atoms with Crippen LogP contribution in [0.5, 0.6) is 0 Å². The molecule has 0 aromatic rings. The summed E-state index contributed by atoms with van der Waals surface area (Å²) < 4.78 is 5.55. The quantitative estimate of drug-likeness (QED) is 0.711. The Morgan fingerprint density at radius 3 is 3.06 bits per heavy atom. The summed E-state index contributed by atoms with van der Waals surface area (Å²) in [5.41, 5.74) is 0. The molecule has 1 amide bonds. The van der Waals surface area contributed by atoms with Gasteiger partial charge in [0.05, 0.1) is 29.9 Å². The molecule has 0 spiro atoms. The van der Waals surface area contributed by atoms with Gasteiger partial charge >= 0.3 is 0 Å². The monoisotopic (exact) mass is 263 g/mol. The number of alkyl halides is 1. The van der Waals surface area contributed by atoms with Crippen LogP contribution in [0, 0.1) is 0 Å². The number of carbonyl (C=O) groups excluding carboxylic acids is 1. The van der Waals surface area contributed by atoms with Gasteiger partial charge in [0.2, 0.25) is 5.91 Å². The first kappa shape index (κ1) is 12.5. The number of halogens is 1. The molecule has 2 fully saturated rings. The van der Waals surface area contributed by atoms with Crippen molar-refractivity contribution in [2.75, 3.05) is 24.8 Å². The highest BCUT2D eigenvalue weighted by Crippen LogP contribution is 2.29. The van der Waals surface area contributed by atoms with E-state index in [1.54, 1.807) is 11.8 Å². The molecular weight excluding hydrogens is 246 g/mol. The van der Waals surface area contributed by atoms with Gasteiger partial charge in [0.1, 0.15) is 0 Å². The molecule has 16 heavy (non-hydrogen) atoms. The summed E-state index contributed by atoms with van der Waals surface area (Å²) in [7, 11) is 0. The lowest BCUT2D eigenvalue weighted by atomic mass is 10.1. The zero-order chi connectivity index (χ0) is 11.5. The molecule has 2 aliphatic heterocycles. The van der Waals surface area contributed by atoms with Gasteiger partial charge in [-0.15, -0.1) is 23.4 Å². The molecule has 92 valence electrons. The first-order valence-corrected chi connectivity index (χ1v) is 7.40. The summed E-state index contributed by atoms with van der Waals surface area (Å²) in [6.45, 7) is 3.31. The number of ether oxygens (including phenoxy) is 1. The van der Waals surface area contributed by atoms with E-state index in [9.17, 15) is 4.79 Å². The van der Waals surface area contributed by atoms with Crippen LogP contribution in [-0.4, -0.2) is 53.0 Å². The second-order valence-corrected chi connectivity index (χ2v) is 6.07.